The molecule has 2 aromatic heterocycles. The molecule has 2 N–H and O–H groups in total. The Morgan fingerprint density at radius 3 is 2.59 bits per heavy atom. The van der Waals surface area contributed by atoms with Crippen LogP contribution in [0.4, 0.5) is 5.13 Å². The molecule has 3 aromatic rings. The standard InChI is InChI=1S/C27H33N5O4S/c1-2-12-32(26(35)23-9-6-15-36-23)18-25(34)30-27-29-22(19-37-27)16-24(33)28-21-10-13-31(14-11-21)17-20-7-4-3-5-8-20/h3-9,15,19,21H,2,10-14,16-18H2,1H3,(H,28,33)(H,29,30,34). The third-order valence-electron chi connectivity index (χ3n) is 6.19. The molecule has 0 saturated carbocycles. The van der Waals surface area contributed by atoms with Crippen molar-refractivity contribution in [3.05, 3.63) is 71.1 Å². The molecular formula is C27H33N5O4S. The van der Waals surface area contributed by atoms with E-state index in [1.807, 2.05) is 13.0 Å². The Labute approximate surface area is 220 Å². The largest absolute Gasteiger partial charge is 0.459 e. The van der Waals surface area contributed by atoms with Crippen molar-refractivity contribution >= 4 is 34.2 Å². The number of furan rings is 1. The minimum Gasteiger partial charge on any atom is -0.459 e. The third-order valence-corrected chi connectivity index (χ3v) is 7.00. The fourth-order valence-corrected chi connectivity index (χ4v) is 5.10. The number of anilines is 1. The van der Waals surface area contributed by atoms with Crippen LogP contribution in [0.15, 0.2) is 58.5 Å². The number of hydrogen-bond donors (Lipinski definition) is 2. The first kappa shape index (κ1) is 26.6. The molecule has 1 aliphatic rings. The SMILES string of the molecule is CCCN(CC(=O)Nc1nc(CC(=O)NC2CCN(Cc3ccccc3)CC2)cs1)C(=O)c1ccco1. The van der Waals surface area contributed by atoms with E-state index >= 15 is 0 Å². The molecule has 1 aromatic carbocycles. The molecule has 3 amide bonds. The summed E-state index contributed by atoms with van der Waals surface area (Å²) in [4.78, 5) is 46.0. The lowest BCUT2D eigenvalue weighted by Crippen LogP contribution is -2.44. The van der Waals surface area contributed by atoms with Gasteiger partial charge in [-0.2, -0.15) is 0 Å². The van der Waals surface area contributed by atoms with Gasteiger partial charge in [0, 0.05) is 37.6 Å². The quantitative estimate of drug-likeness (QED) is 0.398. The molecule has 4 rings (SSSR count). The van der Waals surface area contributed by atoms with E-state index in [9.17, 15) is 14.4 Å². The van der Waals surface area contributed by atoms with Crippen LogP contribution in [0.5, 0.6) is 0 Å². The lowest BCUT2D eigenvalue weighted by molar-refractivity contribution is -0.121. The summed E-state index contributed by atoms with van der Waals surface area (Å²) in [5, 5.41) is 8.04. The minimum absolute atomic E-state index is 0.0668. The molecule has 9 nitrogen and oxygen atoms in total. The number of carbonyl (C=O) groups is 3. The van der Waals surface area contributed by atoms with Crippen LogP contribution in [0, 0.1) is 0 Å². The van der Waals surface area contributed by atoms with Crippen molar-refractivity contribution in [3.63, 3.8) is 0 Å². The Kier molecular flexibility index (Phi) is 9.45. The van der Waals surface area contributed by atoms with Gasteiger partial charge in [-0.25, -0.2) is 4.98 Å². The van der Waals surface area contributed by atoms with Crippen LogP contribution >= 0.6 is 11.3 Å². The molecule has 0 bridgehead atoms. The summed E-state index contributed by atoms with van der Waals surface area (Å²) in [6, 6.07) is 13.8. The first-order valence-electron chi connectivity index (χ1n) is 12.6. The lowest BCUT2D eigenvalue weighted by atomic mass is 10.0. The minimum atomic E-state index is -0.346. The number of piperidine rings is 1. The van der Waals surface area contributed by atoms with Crippen LogP contribution in [-0.4, -0.2) is 64.7 Å². The number of rotatable bonds is 11. The van der Waals surface area contributed by atoms with Crippen molar-refractivity contribution in [3.8, 4) is 0 Å². The monoisotopic (exact) mass is 523 g/mol. The molecule has 37 heavy (non-hydrogen) atoms. The van der Waals surface area contributed by atoms with Gasteiger partial charge in [-0.3, -0.25) is 19.3 Å². The molecule has 1 aliphatic heterocycles. The average molecular weight is 524 g/mol. The third kappa shape index (κ3) is 7.99. The van der Waals surface area contributed by atoms with Crippen LogP contribution in [0.2, 0.25) is 0 Å². The fraction of sp³-hybridized carbons (Fsp3) is 0.407. The maximum Gasteiger partial charge on any atom is 0.290 e. The number of nitrogens with one attached hydrogen (secondary N) is 2. The summed E-state index contributed by atoms with van der Waals surface area (Å²) in [7, 11) is 0. The van der Waals surface area contributed by atoms with Crippen LogP contribution in [0.1, 0.15) is 48.0 Å². The maximum absolute atomic E-state index is 12.6. The van der Waals surface area contributed by atoms with Crippen LogP contribution < -0.4 is 10.6 Å². The van der Waals surface area contributed by atoms with Crippen LogP contribution in [0.3, 0.4) is 0 Å². The molecule has 1 fully saturated rings. The summed E-state index contributed by atoms with van der Waals surface area (Å²) in [5.74, 6) is -0.543. The number of likely N-dealkylation sites (tertiary alicyclic amines) is 1. The van der Waals surface area contributed by atoms with Gasteiger partial charge < -0.3 is 20.0 Å². The summed E-state index contributed by atoms with van der Waals surface area (Å²) in [6.07, 6.45) is 4.14. The van der Waals surface area contributed by atoms with Gasteiger partial charge in [0.2, 0.25) is 11.8 Å². The number of benzene rings is 1. The van der Waals surface area contributed by atoms with Gasteiger partial charge in [0.15, 0.2) is 10.9 Å². The highest BCUT2D eigenvalue weighted by atomic mass is 32.1. The highest BCUT2D eigenvalue weighted by Crippen LogP contribution is 2.17. The van der Waals surface area contributed by atoms with Gasteiger partial charge in [-0.05, 0) is 37.0 Å². The molecule has 0 radical (unpaired) electrons. The number of aromatic nitrogens is 1. The zero-order valence-corrected chi connectivity index (χ0v) is 21.8. The normalized spacial score (nSPS) is 14.3. The highest BCUT2D eigenvalue weighted by molar-refractivity contribution is 7.13. The molecule has 0 atom stereocenters. The second-order valence-corrected chi connectivity index (χ2v) is 10.0. The van der Waals surface area contributed by atoms with E-state index in [1.165, 1.54) is 28.1 Å². The van der Waals surface area contributed by atoms with E-state index in [0.29, 0.717) is 23.8 Å². The Balaban J connectivity index is 1.20. The van der Waals surface area contributed by atoms with Crippen LogP contribution in [0.25, 0.3) is 0 Å². The zero-order valence-electron chi connectivity index (χ0n) is 21.0. The number of thiazole rings is 1. The van der Waals surface area contributed by atoms with Crippen LogP contribution in [-0.2, 0) is 22.6 Å². The Morgan fingerprint density at radius 1 is 1.11 bits per heavy atom. The van der Waals surface area contributed by atoms with E-state index in [-0.39, 0.29) is 42.5 Å². The zero-order chi connectivity index (χ0) is 26.0. The van der Waals surface area contributed by atoms with Crippen molar-refractivity contribution in [2.75, 3.05) is 31.5 Å². The number of hydrogen-bond acceptors (Lipinski definition) is 7. The summed E-state index contributed by atoms with van der Waals surface area (Å²) < 4.78 is 5.17. The van der Waals surface area contributed by atoms with Gasteiger partial charge in [-0.15, -0.1) is 11.3 Å². The topological polar surface area (TPSA) is 108 Å². The average Bonchev–Trinajstić information content (AvgIpc) is 3.58. The van der Waals surface area contributed by atoms with E-state index in [1.54, 1.807) is 17.5 Å². The van der Waals surface area contributed by atoms with Gasteiger partial charge in [0.05, 0.1) is 18.4 Å². The molecular weight excluding hydrogens is 490 g/mol. The van der Waals surface area contributed by atoms with Gasteiger partial charge in [0.1, 0.15) is 6.54 Å². The van der Waals surface area contributed by atoms with E-state index in [2.05, 4.69) is 44.8 Å². The predicted molar refractivity (Wildman–Crippen MR) is 142 cm³/mol. The highest BCUT2D eigenvalue weighted by Gasteiger charge is 2.22. The van der Waals surface area contributed by atoms with Crippen molar-refractivity contribution in [1.82, 2.24) is 20.1 Å². The molecule has 0 spiro atoms. The van der Waals surface area contributed by atoms with Crippen molar-refractivity contribution < 1.29 is 18.8 Å². The second-order valence-electron chi connectivity index (χ2n) is 9.18. The molecule has 0 aliphatic carbocycles. The first-order chi connectivity index (χ1) is 18.0. The number of carbonyl (C=O) groups excluding carboxylic acids is 3. The maximum atomic E-state index is 12.6. The Morgan fingerprint density at radius 2 is 1.89 bits per heavy atom. The van der Waals surface area contributed by atoms with E-state index in [0.717, 1.165) is 32.5 Å². The van der Waals surface area contributed by atoms with Crippen molar-refractivity contribution in [1.29, 1.82) is 0 Å². The summed E-state index contributed by atoms with van der Waals surface area (Å²) in [5.41, 5.74) is 1.91. The van der Waals surface area contributed by atoms with Gasteiger partial charge >= 0.3 is 0 Å². The number of amides is 3. The van der Waals surface area contributed by atoms with Crippen molar-refractivity contribution in [2.24, 2.45) is 0 Å². The van der Waals surface area contributed by atoms with Gasteiger partial charge in [0.25, 0.3) is 5.91 Å². The van der Waals surface area contributed by atoms with E-state index < -0.39 is 0 Å². The molecule has 10 heteroatoms. The van der Waals surface area contributed by atoms with E-state index in [4.69, 9.17) is 4.42 Å². The first-order valence-corrected chi connectivity index (χ1v) is 13.5. The number of nitrogens with zero attached hydrogens (tertiary/aromatic N) is 3. The molecule has 0 unspecified atom stereocenters. The Bertz CT molecular complexity index is 1160. The summed E-state index contributed by atoms with van der Waals surface area (Å²) in [6.45, 7) is 5.09. The van der Waals surface area contributed by atoms with Gasteiger partial charge in [-0.1, -0.05) is 37.3 Å². The molecule has 196 valence electrons. The Hall–Kier alpha value is -3.50. The lowest BCUT2D eigenvalue weighted by Gasteiger charge is -2.32. The predicted octanol–water partition coefficient (Wildman–Crippen LogP) is 3.55. The molecule has 1 saturated heterocycles. The smallest absolute Gasteiger partial charge is 0.290 e. The fourth-order valence-electron chi connectivity index (χ4n) is 4.38. The second kappa shape index (κ2) is 13.2. The molecule has 3 heterocycles. The summed E-state index contributed by atoms with van der Waals surface area (Å²) >= 11 is 1.26. The van der Waals surface area contributed by atoms with Crippen molar-refractivity contribution in [2.45, 2.75) is 45.2 Å².